The van der Waals surface area contributed by atoms with Crippen LogP contribution in [0.2, 0.25) is 0 Å². The van der Waals surface area contributed by atoms with Gasteiger partial charge < -0.3 is 24.8 Å². The number of alkyl halides is 3. The van der Waals surface area contributed by atoms with Crippen molar-refractivity contribution in [2.45, 2.75) is 64.8 Å². The summed E-state index contributed by atoms with van der Waals surface area (Å²) in [6.45, 7) is 5.33. The molecule has 0 atom stereocenters. The summed E-state index contributed by atoms with van der Waals surface area (Å²) in [6.07, 6.45) is -0.652. The maximum atomic E-state index is 14.1. The van der Waals surface area contributed by atoms with Gasteiger partial charge in [-0.15, -0.1) is 0 Å². The van der Waals surface area contributed by atoms with Gasteiger partial charge in [-0.1, -0.05) is 18.2 Å². The van der Waals surface area contributed by atoms with Crippen LogP contribution in [0, 0.1) is 5.82 Å². The Hall–Kier alpha value is -4.87. The molecule has 1 aliphatic heterocycles. The molecule has 0 radical (unpaired) electrons. The summed E-state index contributed by atoms with van der Waals surface area (Å²) >= 11 is 0. The second kappa shape index (κ2) is 13.5. The number of carbonyl (C=O) groups is 3. The van der Waals surface area contributed by atoms with Crippen LogP contribution in [0.15, 0.2) is 66.9 Å². The van der Waals surface area contributed by atoms with E-state index in [9.17, 15) is 31.9 Å². The van der Waals surface area contributed by atoms with Gasteiger partial charge in [-0.3, -0.25) is 14.4 Å². The van der Waals surface area contributed by atoms with Crippen LogP contribution < -0.4 is 15.5 Å². The van der Waals surface area contributed by atoms with Crippen molar-refractivity contribution in [1.29, 1.82) is 0 Å². The number of piperidine rings is 1. The van der Waals surface area contributed by atoms with E-state index < -0.39 is 41.9 Å². The standard InChI is InChI=1S/C35H36F4N4O4/c1-34(2,3)47-31(44)19-23-17-24(36)12-13-27(23)40-32(45)22-11-14-30(42-15-7-4-8-16-42)28(18-22)41-33(46)26-20-43(21-35(37,38)39)29-10-6-5-9-25(26)29/h5-6,9-14,17-18,20H,4,7-8,15-16,19,21H2,1-3H3,(H,40,45)(H,41,46). The summed E-state index contributed by atoms with van der Waals surface area (Å²) in [6, 6.07) is 14.8. The molecule has 4 aromatic rings. The van der Waals surface area contributed by atoms with Gasteiger partial charge in [0.05, 0.1) is 23.4 Å². The number of rotatable bonds is 8. The lowest BCUT2D eigenvalue weighted by molar-refractivity contribution is -0.154. The number of para-hydroxylation sites is 1. The molecule has 12 heteroatoms. The number of aromatic nitrogens is 1. The highest BCUT2D eigenvalue weighted by Gasteiger charge is 2.30. The molecule has 0 unspecified atom stereocenters. The number of hydrogen-bond acceptors (Lipinski definition) is 5. The molecule has 5 rings (SSSR count). The fraction of sp³-hybridized carbons (Fsp3) is 0.343. The lowest BCUT2D eigenvalue weighted by Gasteiger charge is -2.30. The van der Waals surface area contributed by atoms with E-state index in [1.165, 1.54) is 24.4 Å². The minimum atomic E-state index is -4.49. The third-order valence-corrected chi connectivity index (χ3v) is 7.66. The maximum Gasteiger partial charge on any atom is 0.406 e. The number of carbonyl (C=O) groups excluding carboxylic acids is 3. The number of halogens is 4. The highest BCUT2D eigenvalue weighted by molar-refractivity contribution is 6.14. The van der Waals surface area contributed by atoms with Crippen LogP contribution >= 0.6 is 0 Å². The number of benzene rings is 3. The Bertz CT molecular complexity index is 1800. The number of esters is 1. The minimum absolute atomic E-state index is 0.0578. The van der Waals surface area contributed by atoms with Crippen LogP contribution in [0.1, 0.15) is 66.3 Å². The van der Waals surface area contributed by atoms with Gasteiger partial charge >= 0.3 is 12.1 Å². The first-order valence-electron chi connectivity index (χ1n) is 15.3. The second-order valence-electron chi connectivity index (χ2n) is 12.6. The number of anilines is 3. The van der Waals surface area contributed by atoms with E-state index in [1.54, 1.807) is 51.1 Å². The molecule has 3 aromatic carbocycles. The van der Waals surface area contributed by atoms with Gasteiger partial charge in [0, 0.05) is 41.4 Å². The first kappa shape index (κ1) is 33.5. The molecule has 0 saturated carbocycles. The molecule has 1 saturated heterocycles. The lowest BCUT2D eigenvalue weighted by atomic mass is 10.1. The van der Waals surface area contributed by atoms with Gasteiger partial charge in [-0.05, 0) is 88.1 Å². The summed E-state index contributed by atoms with van der Waals surface area (Å²) in [5, 5.41) is 5.94. The Morgan fingerprint density at radius 1 is 0.851 bits per heavy atom. The van der Waals surface area contributed by atoms with Crippen molar-refractivity contribution in [3.63, 3.8) is 0 Å². The van der Waals surface area contributed by atoms with Crippen molar-refractivity contribution < 1.29 is 36.7 Å². The zero-order valence-electron chi connectivity index (χ0n) is 26.3. The van der Waals surface area contributed by atoms with Crippen LogP contribution in [-0.2, 0) is 22.5 Å². The normalized spacial score (nSPS) is 13.8. The van der Waals surface area contributed by atoms with E-state index in [0.717, 1.165) is 49.1 Å². The minimum Gasteiger partial charge on any atom is -0.460 e. The van der Waals surface area contributed by atoms with Crippen molar-refractivity contribution in [3.05, 3.63) is 89.4 Å². The Kier molecular flexibility index (Phi) is 9.60. The molecule has 8 nitrogen and oxygen atoms in total. The molecular weight excluding hydrogens is 616 g/mol. The molecule has 2 amide bonds. The van der Waals surface area contributed by atoms with Crippen LogP contribution in [0.3, 0.4) is 0 Å². The maximum absolute atomic E-state index is 14.1. The van der Waals surface area contributed by atoms with E-state index in [-0.39, 0.29) is 34.3 Å². The van der Waals surface area contributed by atoms with Gasteiger partial charge in [0.15, 0.2) is 0 Å². The van der Waals surface area contributed by atoms with E-state index in [4.69, 9.17) is 4.74 Å². The van der Waals surface area contributed by atoms with Gasteiger partial charge in [-0.2, -0.15) is 13.2 Å². The average molecular weight is 653 g/mol. The number of hydrogen-bond donors (Lipinski definition) is 2. The van der Waals surface area contributed by atoms with Gasteiger partial charge in [0.25, 0.3) is 11.8 Å². The Morgan fingerprint density at radius 3 is 2.26 bits per heavy atom. The quantitative estimate of drug-likeness (QED) is 0.150. The van der Waals surface area contributed by atoms with Crippen molar-refractivity contribution >= 4 is 45.7 Å². The molecule has 248 valence electrons. The fourth-order valence-corrected chi connectivity index (χ4v) is 5.69. The summed E-state index contributed by atoms with van der Waals surface area (Å²) in [5.74, 6) is -2.39. The Balaban J connectivity index is 1.45. The number of ether oxygens (including phenoxy) is 1. The predicted octanol–water partition coefficient (Wildman–Crippen LogP) is 7.72. The van der Waals surface area contributed by atoms with Crippen LogP contribution in [0.25, 0.3) is 10.9 Å². The number of nitrogens with zero attached hydrogens (tertiary/aromatic N) is 2. The van der Waals surface area contributed by atoms with Crippen molar-refractivity contribution in [3.8, 4) is 0 Å². The van der Waals surface area contributed by atoms with Gasteiger partial charge in [0.2, 0.25) is 0 Å². The van der Waals surface area contributed by atoms with Crippen molar-refractivity contribution in [2.75, 3.05) is 28.6 Å². The van der Waals surface area contributed by atoms with E-state index in [2.05, 4.69) is 15.5 Å². The molecule has 47 heavy (non-hydrogen) atoms. The fourth-order valence-electron chi connectivity index (χ4n) is 5.69. The number of nitrogens with one attached hydrogen (secondary N) is 2. The third-order valence-electron chi connectivity index (χ3n) is 7.66. The van der Waals surface area contributed by atoms with Crippen molar-refractivity contribution in [1.82, 2.24) is 4.57 Å². The molecule has 2 N–H and O–H groups in total. The zero-order chi connectivity index (χ0) is 33.9. The SMILES string of the molecule is CC(C)(C)OC(=O)Cc1cc(F)ccc1NC(=O)c1ccc(N2CCCCC2)c(NC(=O)c2cn(CC(F)(F)F)c3ccccc23)c1. The van der Waals surface area contributed by atoms with Gasteiger partial charge in [-0.25, -0.2) is 4.39 Å². The molecule has 1 fully saturated rings. The summed E-state index contributed by atoms with van der Waals surface area (Å²) in [5.41, 5.74) is 1.15. The first-order chi connectivity index (χ1) is 22.2. The zero-order valence-corrected chi connectivity index (χ0v) is 26.3. The van der Waals surface area contributed by atoms with E-state index in [1.807, 2.05) is 0 Å². The van der Waals surface area contributed by atoms with E-state index in [0.29, 0.717) is 16.8 Å². The number of fused-ring (bicyclic) bond motifs is 1. The Morgan fingerprint density at radius 2 is 1.55 bits per heavy atom. The molecule has 2 heterocycles. The molecule has 0 aliphatic carbocycles. The Labute approximate surface area is 269 Å². The highest BCUT2D eigenvalue weighted by atomic mass is 19.4. The second-order valence-corrected chi connectivity index (χ2v) is 12.6. The third kappa shape index (κ3) is 8.49. The molecular formula is C35H36F4N4O4. The summed E-state index contributed by atoms with van der Waals surface area (Å²) in [7, 11) is 0. The molecule has 0 bridgehead atoms. The van der Waals surface area contributed by atoms with E-state index >= 15 is 0 Å². The van der Waals surface area contributed by atoms with Crippen LogP contribution in [0.5, 0.6) is 0 Å². The highest BCUT2D eigenvalue weighted by Crippen LogP contribution is 2.32. The summed E-state index contributed by atoms with van der Waals surface area (Å²) < 4.78 is 60.5. The van der Waals surface area contributed by atoms with Crippen LogP contribution in [0.4, 0.5) is 34.6 Å². The van der Waals surface area contributed by atoms with Crippen molar-refractivity contribution in [2.24, 2.45) is 0 Å². The predicted molar refractivity (Wildman–Crippen MR) is 172 cm³/mol. The van der Waals surface area contributed by atoms with Gasteiger partial charge in [0.1, 0.15) is 18.0 Å². The number of amides is 2. The molecule has 0 spiro atoms. The smallest absolute Gasteiger partial charge is 0.406 e. The molecule has 1 aliphatic rings. The lowest BCUT2D eigenvalue weighted by Crippen LogP contribution is -2.30. The molecule has 1 aromatic heterocycles. The average Bonchev–Trinajstić information content (AvgIpc) is 3.35. The van der Waals surface area contributed by atoms with Crippen LogP contribution in [-0.4, -0.2) is 47.2 Å². The first-order valence-corrected chi connectivity index (χ1v) is 15.3. The monoisotopic (exact) mass is 652 g/mol. The largest absolute Gasteiger partial charge is 0.460 e. The topological polar surface area (TPSA) is 92.7 Å². The summed E-state index contributed by atoms with van der Waals surface area (Å²) in [4.78, 5) is 41.8.